The van der Waals surface area contributed by atoms with Crippen molar-refractivity contribution in [1.82, 2.24) is 9.45 Å². The molecule has 14 heteroatoms. The number of aromatic nitrogens is 1. The molecule has 3 aromatic carbocycles. The van der Waals surface area contributed by atoms with Crippen molar-refractivity contribution in [3.05, 3.63) is 101 Å². The summed E-state index contributed by atoms with van der Waals surface area (Å²) in [4.78, 5) is 21.1. The average molecular weight is 608 g/mol. The second-order valence-electron chi connectivity index (χ2n) is 9.03. The van der Waals surface area contributed by atoms with E-state index in [1.54, 1.807) is 25.1 Å². The summed E-state index contributed by atoms with van der Waals surface area (Å²) < 4.78 is 91.4. The van der Waals surface area contributed by atoms with Gasteiger partial charge in [-0.2, -0.15) is 21.6 Å². The topological polar surface area (TPSA) is 102 Å². The Balaban J connectivity index is 1.48. The van der Waals surface area contributed by atoms with Crippen LogP contribution in [-0.4, -0.2) is 30.9 Å². The van der Waals surface area contributed by atoms with E-state index in [9.17, 15) is 30.8 Å². The highest BCUT2D eigenvalue weighted by Crippen LogP contribution is 2.31. The summed E-state index contributed by atoms with van der Waals surface area (Å²) in [7, 11) is -3.25. The fraction of sp³-hybridized carbons (Fsp3) is 0.214. The van der Waals surface area contributed by atoms with Crippen molar-refractivity contribution in [2.24, 2.45) is 0 Å². The Morgan fingerprint density at radius 1 is 1.02 bits per heavy atom. The summed E-state index contributed by atoms with van der Waals surface area (Å²) in [5, 5.41) is 0. The molecule has 0 saturated carbocycles. The van der Waals surface area contributed by atoms with E-state index in [0.29, 0.717) is 32.8 Å². The minimum Gasteiger partial charge on any atom is -0.487 e. The monoisotopic (exact) mass is 607 g/mol. The first-order chi connectivity index (χ1) is 19.7. The van der Waals surface area contributed by atoms with E-state index in [4.69, 9.17) is 14.0 Å². The van der Waals surface area contributed by atoms with Gasteiger partial charge in [-0.25, -0.2) is 9.37 Å². The van der Waals surface area contributed by atoms with Crippen molar-refractivity contribution in [2.45, 2.75) is 33.2 Å². The van der Waals surface area contributed by atoms with Crippen LogP contribution in [-0.2, 0) is 39.2 Å². The van der Waals surface area contributed by atoms with E-state index < -0.39 is 33.7 Å². The molecule has 0 unspecified atom stereocenters. The van der Waals surface area contributed by atoms with Crippen molar-refractivity contribution in [2.75, 3.05) is 11.4 Å². The summed E-state index contributed by atoms with van der Waals surface area (Å²) in [6.45, 7) is 2.23. The van der Waals surface area contributed by atoms with Gasteiger partial charge in [-0.15, -0.1) is 0 Å². The number of aryl methyl sites for hydroxylation is 1. The molecule has 0 atom stereocenters. The molecule has 0 N–H and O–H groups in total. The van der Waals surface area contributed by atoms with Gasteiger partial charge in [0.05, 0.1) is 17.8 Å². The quantitative estimate of drug-likeness (QED) is 0.160. The molecule has 4 rings (SSSR count). The first kappa shape index (κ1) is 30.5. The molecule has 0 amide bonds. The van der Waals surface area contributed by atoms with Crippen molar-refractivity contribution in [3.63, 3.8) is 0 Å². The molecule has 1 heterocycles. The van der Waals surface area contributed by atoms with Crippen LogP contribution in [0.4, 0.5) is 23.2 Å². The lowest BCUT2D eigenvalue weighted by Gasteiger charge is -2.27. The van der Waals surface area contributed by atoms with Crippen molar-refractivity contribution in [3.8, 4) is 17.2 Å². The molecular weight excluding hydrogens is 582 g/mol. The first-order valence-corrected chi connectivity index (χ1v) is 13.7. The number of oxazole rings is 1. The number of nitrogens with zero attached hydrogens (tertiary/aromatic N) is 3. The van der Waals surface area contributed by atoms with E-state index >= 15 is 0 Å². The van der Waals surface area contributed by atoms with Gasteiger partial charge in [0.1, 0.15) is 29.6 Å². The minimum atomic E-state index is -4.46. The average Bonchev–Trinajstić information content (AvgIpc) is 3.31. The van der Waals surface area contributed by atoms with Gasteiger partial charge in [-0.1, -0.05) is 18.2 Å². The number of hydrogen-bond donors (Lipinski definition) is 0. The van der Waals surface area contributed by atoms with Crippen LogP contribution >= 0.6 is 0 Å². The summed E-state index contributed by atoms with van der Waals surface area (Å²) in [6, 6.07) is 15.6. The molecule has 0 bridgehead atoms. The highest BCUT2D eigenvalue weighted by Gasteiger charge is 2.32. The van der Waals surface area contributed by atoms with Gasteiger partial charge in [0.15, 0.2) is 0 Å². The molecule has 0 aliphatic carbocycles. The molecule has 0 aliphatic rings. The Bertz CT molecular complexity index is 1670. The van der Waals surface area contributed by atoms with Crippen molar-refractivity contribution >= 4 is 21.9 Å². The van der Waals surface area contributed by atoms with E-state index in [1.807, 2.05) is 0 Å². The SMILES string of the molecule is CC(=O)ON(Cc1cccc(OCc2nc(-c3ccc(C(F)(F)F)cc3)oc2C)c1)S(=O)(=O)N(C)c1cccc(F)c1. The molecule has 0 spiro atoms. The van der Waals surface area contributed by atoms with E-state index in [0.717, 1.165) is 35.5 Å². The fourth-order valence-electron chi connectivity index (χ4n) is 3.77. The highest BCUT2D eigenvalue weighted by atomic mass is 32.2. The zero-order valence-corrected chi connectivity index (χ0v) is 23.4. The lowest BCUT2D eigenvalue weighted by molar-refractivity contribution is -0.168. The van der Waals surface area contributed by atoms with Crippen LogP contribution in [0, 0.1) is 12.7 Å². The lowest BCUT2D eigenvalue weighted by atomic mass is 10.1. The maximum Gasteiger partial charge on any atom is 0.416 e. The number of carbonyl (C=O) groups excluding carboxylic acids is 1. The third kappa shape index (κ3) is 7.25. The van der Waals surface area contributed by atoms with Crippen LogP contribution in [0.3, 0.4) is 0 Å². The number of hydroxylamine groups is 1. The maximum absolute atomic E-state index is 13.7. The molecule has 0 radical (unpaired) electrons. The second kappa shape index (κ2) is 12.2. The number of rotatable bonds is 10. The zero-order valence-electron chi connectivity index (χ0n) is 22.6. The van der Waals surface area contributed by atoms with Gasteiger partial charge in [-0.05, 0) is 71.6 Å². The Morgan fingerprint density at radius 2 is 1.71 bits per heavy atom. The van der Waals surface area contributed by atoms with Gasteiger partial charge in [0.25, 0.3) is 0 Å². The standard InChI is InChI=1S/C28H25F4N3O6S/c1-18-26(33-27(40-18)21-10-12-22(13-11-21)28(30,31)32)17-39-25-9-4-6-20(14-25)16-35(41-19(2)36)42(37,38)34(3)24-8-5-7-23(29)15-24/h4-15H,16-17H2,1-3H3. The Hall–Kier alpha value is -4.43. The normalized spacial score (nSPS) is 11.9. The van der Waals surface area contributed by atoms with E-state index in [1.165, 1.54) is 37.4 Å². The minimum absolute atomic E-state index is 0.0166. The summed E-state index contributed by atoms with van der Waals surface area (Å²) in [6.07, 6.45) is -4.46. The van der Waals surface area contributed by atoms with Crippen molar-refractivity contribution in [1.29, 1.82) is 0 Å². The number of alkyl halides is 3. The smallest absolute Gasteiger partial charge is 0.416 e. The number of halogens is 4. The molecule has 222 valence electrons. The number of carbonyl (C=O) groups is 1. The Kier molecular flexibility index (Phi) is 8.87. The Morgan fingerprint density at radius 3 is 2.36 bits per heavy atom. The molecule has 0 aliphatic heterocycles. The summed E-state index contributed by atoms with van der Waals surface area (Å²) >= 11 is 0. The van der Waals surface area contributed by atoms with Crippen LogP contribution in [0.25, 0.3) is 11.5 Å². The molecule has 0 saturated heterocycles. The van der Waals surface area contributed by atoms with Crippen LogP contribution < -0.4 is 9.04 Å². The highest BCUT2D eigenvalue weighted by molar-refractivity contribution is 7.90. The molecule has 0 fully saturated rings. The van der Waals surface area contributed by atoms with Crippen LogP contribution in [0.2, 0.25) is 0 Å². The van der Waals surface area contributed by atoms with Gasteiger partial charge >= 0.3 is 22.4 Å². The van der Waals surface area contributed by atoms with E-state index in [-0.39, 0.29) is 24.7 Å². The third-order valence-corrected chi connectivity index (χ3v) is 7.56. The van der Waals surface area contributed by atoms with Gasteiger partial charge in [0, 0.05) is 19.5 Å². The lowest BCUT2D eigenvalue weighted by Crippen LogP contribution is -2.42. The predicted octanol–water partition coefficient (Wildman–Crippen LogP) is 6.05. The van der Waals surface area contributed by atoms with Crippen LogP contribution in [0.15, 0.2) is 77.2 Å². The van der Waals surface area contributed by atoms with Crippen molar-refractivity contribution < 1.29 is 44.8 Å². The third-order valence-electron chi connectivity index (χ3n) is 5.94. The molecule has 42 heavy (non-hydrogen) atoms. The van der Waals surface area contributed by atoms with Gasteiger partial charge in [-0.3, -0.25) is 9.10 Å². The second-order valence-corrected chi connectivity index (χ2v) is 10.9. The largest absolute Gasteiger partial charge is 0.487 e. The Labute approximate surface area is 239 Å². The number of benzene rings is 3. The van der Waals surface area contributed by atoms with Crippen LogP contribution in [0.5, 0.6) is 5.75 Å². The maximum atomic E-state index is 13.7. The molecule has 1 aromatic heterocycles. The number of anilines is 1. The summed E-state index contributed by atoms with van der Waals surface area (Å²) in [5.74, 6) is -0.687. The number of hydrogen-bond acceptors (Lipinski definition) is 7. The fourth-order valence-corrected chi connectivity index (χ4v) is 4.93. The van der Waals surface area contributed by atoms with E-state index in [2.05, 4.69) is 4.98 Å². The van der Waals surface area contributed by atoms with Crippen LogP contribution in [0.1, 0.15) is 29.5 Å². The zero-order chi connectivity index (χ0) is 30.7. The summed E-state index contributed by atoms with van der Waals surface area (Å²) in [5.41, 5.74) is 0.374. The molecular formula is C28H25F4N3O6S. The van der Waals surface area contributed by atoms with Gasteiger partial charge < -0.3 is 14.0 Å². The predicted molar refractivity (Wildman–Crippen MR) is 143 cm³/mol. The first-order valence-electron chi connectivity index (χ1n) is 12.3. The molecule has 4 aromatic rings. The molecule has 9 nitrogen and oxygen atoms in total. The van der Waals surface area contributed by atoms with Gasteiger partial charge in [0.2, 0.25) is 5.89 Å². The number of ether oxygens (including phenoxy) is 1.